The molecule has 3 rings (SSSR count). The van der Waals surface area contributed by atoms with E-state index in [4.69, 9.17) is 5.73 Å². The van der Waals surface area contributed by atoms with E-state index in [0.29, 0.717) is 22.4 Å². The van der Waals surface area contributed by atoms with Crippen LogP contribution in [0.25, 0.3) is 0 Å². The van der Waals surface area contributed by atoms with Crippen molar-refractivity contribution in [2.45, 2.75) is 58.3 Å². The van der Waals surface area contributed by atoms with E-state index in [1.54, 1.807) is 24.3 Å². The predicted octanol–water partition coefficient (Wildman–Crippen LogP) is 5.05. The van der Waals surface area contributed by atoms with E-state index in [9.17, 15) is 9.59 Å². The highest BCUT2D eigenvalue weighted by molar-refractivity contribution is 6.12. The van der Waals surface area contributed by atoms with Gasteiger partial charge < -0.3 is 5.73 Å². The Hall–Kier alpha value is -2.42. The third kappa shape index (κ3) is 3.07. The minimum Gasteiger partial charge on any atom is -0.398 e. The van der Waals surface area contributed by atoms with Crippen LogP contribution in [0.5, 0.6) is 0 Å². The van der Waals surface area contributed by atoms with Gasteiger partial charge in [-0.25, -0.2) is 0 Å². The third-order valence-corrected chi connectivity index (χ3v) is 5.82. The summed E-state index contributed by atoms with van der Waals surface area (Å²) in [4.78, 5) is 24.5. The molecule has 1 aliphatic rings. The van der Waals surface area contributed by atoms with E-state index >= 15 is 0 Å². The number of carbonyl (C=O) groups excluding carboxylic acids is 2. The van der Waals surface area contributed by atoms with E-state index in [1.165, 1.54) is 18.1 Å². The molecule has 0 radical (unpaired) electrons. The van der Waals surface area contributed by atoms with Crippen LogP contribution < -0.4 is 5.73 Å². The number of carbonyl (C=O) groups is 2. The molecule has 0 atom stereocenters. The first-order valence-corrected chi connectivity index (χ1v) is 9.13. The fourth-order valence-electron chi connectivity index (χ4n) is 3.84. The van der Waals surface area contributed by atoms with Crippen LogP contribution in [0, 0.1) is 0 Å². The monoisotopic (exact) mass is 349 g/mol. The Kier molecular flexibility index (Phi) is 4.30. The Bertz CT molecular complexity index is 889. The largest absolute Gasteiger partial charge is 0.398 e. The number of hydrogen-bond donors (Lipinski definition) is 1. The van der Waals surface area contributed by atoms with Crippen molar-refractivity contribution in [2.75, 3.05) is 5.73 Å². The molecule has 0 fully saturated rings. The molecule has 136 valence electrons. The van der Waals surface area contributed by atoms with Gasteiger partial charge in [-0.15, -0.1) is 0 Å². The van der Waals surface area contributed by atoms with Crippen LogP contribution in [0.15, 0.2) is 36.4 Å². The molecule has 0 saturated carbocycles. The van der Waals surface area contributed by atoms with Crippen molar-refractivity contribution < 1.29 is 9.59 Å². The fraction of sp³-hybridized carbons (Fsp3) is 0.391. The maximum absolute atomic E-state index is 13.0. The molecule has 2 aromatic carbocycles. The lowest BCUT2D eigenvalue weighted by molar-refractivity contribution is 0.101. The number of nitrogen functional groups attached to an aromatic ring is 1. The summed E-state index contributed by atoms with van der Waals surface area (Å²) in [5.74, 6) is -0.110. The summed E-state index contributed by atoms with van der Waals surface area (Å²) in [5, 5.41) is 0. The van der Waals surface area contributed by atoms with Crippen LogP contribution in [0.3, 0.4) is 0 Å². The van der Waals surface area contributed by atoms with Gasteiger partial charge in [0.2, 0.25) is 0 Å². The SMILES string of the molecule is CC(=O)c1ccc(C(=O)c2cc3c(cc2N)C(C)(C)CCC3(C)C)cc1. The zero-order chi connectivity index (χ0) is 19.3. The van der Waals surface area contributed by atoms with Gasteiger partial charge in [-0.05, 0) is 53.9 Å². The summed E-state index contributed by atoms with van der Waals surface area (Å²) in [6.07, 6.45) is 2.18. The maximum atomic E-state index is 13.0. The molecule has 3 heteroatoms. The van der Waals surface area contributed by atoms with Gasteiger partial charge in [0.15, 0.2) is 11.6 Å². The number of anilines is 1. The van der Waals surface area contributed by atoms with Crippen molar-refractivity contribution in [1.29, 1.82) is 0 Å². The second-order valence-corrected chi connectivity index (χ2v) is 8.72. The lowest BCUT2D eigenvalue weighted by atomic mass is 9.62. The first-order valence-electron chi connectivity index (χ1n) is 9.13. The highest BCUT2D eigenvalue weighted by Gasteiger charge is 2.38. The minimum absolute atomic E-state index is 0.0127. The normalized spacial score (nSPS) is 17.4. The topological polar surface area (TPSA) is 60.2 Å². The highest BCUT2D eigenvalue weighted by Crippen LogP contribution is 2.47. The Morgan fingerprint density at radius 2 is 1.31 bits per heavy atom. The summed E-state index contributed by atoms with van der Waals surface area (Å²) in [6, 6.07) is 10.8. The van der Waals surface area contributed by atoms with Crippen molar-refractivity contribution in [3.8, 4) is 0 Å². The summed E-state index contributed by atoms with van der Waals surface area (Å²) >= 11 is 0. The zero-order valence-corrected chi connectivity index (χ0v) is 16.3. The molecule has 2 N–H and O–H groups in total. The van der Waals surface area contributed by atoms with E-state index in [-0.39, 0.29) is 22.4 Å². The number of ketones is 2. The van der Waals surface area contributed by atoms with Crippen molar-refractivity contribution in [2.24, 2.45) is 0 Å². The van der Waals surface area contributed by atoms with Gasteiger partial charge >= 0.3 is 0 Å². The lowest BCUT2D eigenvalue weighted by Gasteiger charge is -2.42. The van der Waals surface area contributed by atoms with Crippen LogP contribution >= 0.6 is 0 Å². The van der Waals surface area contributed by atoms with Gasteiger partial charge in [0.05, 0.1) is 0 Å². The van der Waals surface area contributed by atoms with Crippen LogP contribution in [-0.2, 0) is 10.8 Å². The van der Waals surface area contributed by atoms with Crippen LogP contribution in [0.4, 0.5) is 5.69 Å². The molecule has 0 saturated heterocycles. The number of hydrogen-bond acceptors (Lipinski definition) is 3. The Balaban J connectivity index is 2.09. The van der Waals surface area contributed by atoms with Crippen molar-refractivity contribution in [1.82, 2.24) is 0 Å². The van der Waals surface area contributed by atoms with Gasteiger partial charge in [0.1, 0.15) is 0 Å². The second kappa shape index (κ2) is 6.08. The van der Waals surface area contributed by atoms with E-state index in [2.05, 4.69) is 27.7 Å². The van der Waals surface area contributed by atoms with E-state index in [0.717, 1.165) is 12.8 Å². The summed E-state index contributed by atoms with van der Waals surface area (Å²) < 4.78 is 0. The zero-order valence-electron chi connectivity index (χ0n) is 16.3. The standard InChI is InChI=1S/C23H27NO2/c1-14(25)15-6-8-16(9-7-15)21(26)17-12-18-19(13-20(17)24)23(4,5)11-10-22(18,2)3/h6-9,12-13H,10-11,24H2,1-5H3. The van der Waals surface area contributed by atoms with Crippen molar-refractivity contribution in [3.05, 3.63) is 64.2 Å². The quantitative estimate of drug-likeness (QED) is 0.623. The molecule has 0 heterocycles. The molecule has 2 aromatic rings. The average Bonchev–Trinajstić information content (AvgIpc) is 2.58. The van der Waals surface area contributed by atoms with E-state index < -0.39 is 0 Å². The molecule has 0 aromatic heterocycles. The van der Waals surface area contributed by atoms with Crippen LogP contribution in [0.1, 0.15) is 84.9 Å². The predicted molar refractivity (Wildman–Crippen MR) is 106 cm³/mol. The molecular formula is C23H27NO2. The number of Topliss-reactive ketones (excluding diaryl/α,β-unsaturated/α-hetero) is 1. The lowest BCUT2D eigenvalue weighted by Crippen LogP contribution is -2.34. The Labute approximate surface area is 155 Å². The van der Waals surface area contributed by atoms with Gasteiger partial charge in [0.25, 0.3) is 0 Å². The molecule has 0 amide bonds. The van der Waals surface area contributed by atoms with Crippen molar-refractivity contribution >= 4 is 17.3 Å². The Morgan fingerprint density at radius 1 is 0.846 bits per heavy atom. The fourth-order valence-corrected chi connectivity index (χ4v) is 3.84. The second-order valence-electron chi connectivity index (χ2n) is 8.72. The number of rotatable bonds is 3. The molecule has 0 aliphatic heterocycles. The van der Waals surface area contributed by atoms with E-state index in [1.807, 2.05) is 12.1 Å². The smallest absolute Gasteiger partial charge is 0.195 e. The molecular weight excluding hydrogens is 322 g/mol. The molecule has 0 unspecified atom stereocenters. The number of nitrogens with two attached hydrogens (primary N) is 1. The summed E-state index contributed by atoms with van der Waals surface area (Å²) in [7, 11) is 0. The number of benzene rings is 2. The summed E-state index contributed by atoms with van der Waals surface area (Å²) in [5.41, 5.74) is 11.1. The van der Waals surface area contributed by atoms with Crippen LogP contribution in [-0.4, -0.2) is 11.6 Å². The maximum Gasteiger partial charge on any atom is 0.195 e. The Morgan fingerprint density at radius 3 is 1.81 bits per heavy atom. The van der Waals surface area contributed by atoms with Crippen LogP contribution in [0.2, 0.25) is 0 Å². The molecule has 3 nitrogen and oxygen atoms in total. The molecule has 0 bridgehead atoms. The first kappa shape index (κ1) is 18.4. The molecule has 26 heavy (non-hydrogen) atoms. The average molecular weight is 349 g/mol. The minimum atomic E-state index is -0.0976. The first-order chi connectivity index (χ1) is 12.0. The van der Waals surface area contributed by atoms with Crippen molar-refractivity contribution in [3.63, 3.8) is 0 Å². The number of fused-ring (bicyclic) bond motifs is 1. The summed E-state index contributed by atoms with van der Waals surface area (Å²) in [6.45, 7) is 10.5. The van der Waals surface area contributed by atoms with Gasteiger partial charge in [-0.1, -0.05) is 52.0 Å². The molecule has 0 spiro atoms. The van der Waals surface area contributed by atoms with Gasteiger partial charge in [-0.2, -0.15) is 0 Å². The van der Waals surface area contributed by atoms with Gasteiger partial charge in [0, 0.05) is 22.4 Å². The van der Waals surface area contributed by atoms with Gasteiger partial charge in [-0.3, -0.25) is 9.59 Å². The third-order valence-electron chi connectivity index (χ3n) is 5.82. The molecule has 1 aliphatic carbocycles. The highest BCUT2D eigenvalue weighted by atomic mass is 16.1.